The van der Waals surface area contributed by atoms with Crippen molar-refractivity contribution in [2.75, 3.05) is 26.3 Å². The molecule has 0 atom stereocenters. The van der Waals surface area contributed by atoms with Crippen LogP contribution < -0.4 is 0 Å². The molecule has 0 saturated heterocycles. The number of amides is 1. The van der Waals surface area contributed by atoms with Gasteiger partial charge in [-0.1, -0.05) is 60.7 Å². The number of carbonyl (C=O) groups is 1. The van der Waals surface area contributed by atoms with Crippen molar-refractivity contribution in [2.24, 2.45) is 0 Å². The van der Waals surface area contributed by atoms with E-state index in [0.29, 0.717) is 13.1 Å². The van der Waals surface area contributed by atoms with Crippen LogP contribution in [0.15, 0.2) is 60.7 Å². The first-order chi connectivity index (χ1) is 11.3. The van der Waals surface area contributed by atoms with Gasteiger partial charge in [-0.25, -0.2) is 0 Å². The Labute approximate surface area is 137 Å². The molecule has 2 aromatic rings. The molecule has 0 unspecified atom stereocenters. The maximum Gasteiger partial charge on any atom is 0.248 e. The number of benzene rings is 2. The molecule has 0 bridgehead atoms. The van der Waals surface area contributed by atoms with Gasteiger partial charge in [0.15, 0.2) is 0 Å². The van der Waals surface area contributed by atoms with E-state index in [2.05, 4.69) is 0 Å². The number of hydrogen-bond donors (Lipinski definition) is 1. The summed E-state index contributed by atoms with van der Waals surface area (Å²) in [5, 5.41) is 9.02. The number of aliphatic hydroxyl groups is 1. The van der Waals surface area contributed by atoms with E-state index in [0.717, 1.165) is 11.1 Å². The van der Waals surface area contributed by atoms with Gasteiger partial charge in [-0.05, 0) is 18.1 Å². The third kappa shape index (κ3) is 4.91. The van der Waals surface area contributed by atoms with Gasteiger partial charge in [0, 0.05) is 13.1 Å². The fourth-order valence-corrected chi connectivity index (χ4v) is 2.47. The van der Waals surface area contributed by atoms with Gasteiger partial charge in [0.25, 0.3) is 0 Å². The quantitative estimate of drug-likeness (QED) is 0.815. The van der Waals surface area contributed by atoms with E-state index in [1.165, 1.54) is 0 Å². The van der Waals surface area contributed by atoms with E-state index in [4.69, 9.17) is 9.84 Å². The highest BCUT2D eigenvalue weighted by atomic mass is 16.5. The predicted molar refractivity (Wildman–Crippen MR) is 90.0 cm³/mol. The molecule has 0 saturated carbocycles. The molecule has 0 aromatic heterocycles. The summed E-state index contributed by atoms with van der Waals surface area (Å²) < 4.78 is 5.93. The Morgan fingerprint density at radius 3 is 2.00 bits per heavy atom. The molecule has 0 heterocycles. The van der Waals surface area contributed by atoms with Crippen molar-refractivity contribution in [1.29, 1.82) is 0 Å². The largest absolute Gasteiger partial charge is 0.395 e. The van der Waals surface area contributed by atoms with Gasteiger partial charge in [-0.15, -0.1) is 0 Å². The maximum absolute atomic E-state index is 12.2. The SMILES string of the molecule is CCN(CCO)C(=O)COC(c1ccccc1)c1ccccc1. The van der Waals surface area contributed by atoms with Gasteiger partial charge in [0.2, 0.25) is 5.91 Å². The fraction of sp³-hybridized carbons (Fsp3) is 0.316. The minimum atomic E-state index is -0.283. The minimum absolute atomic E-state index is 0.0116. The lowest BCUT2D eigenvalue weighted by Gasteiger charge is -2.23. The molecule has 0 fully saturated rings. The first-order valence-electron chi connectivity index (χ1n) is 7.86. The van der Waals surface area contributed by atoms with Gasteiger partial charge in [0.05, 0.1) is 6.61 Å². The summed E-state index contributed by atoms with van der Waals surface area (Å²) in [7, 11) is 0. The van der Waals surface area contributed by atoms with Gasteiger partial charge in [-0.3, -0.25) is 4.79 Å². The number of aliphatic hydroxyl groups excluding tert-OH is 1. The molecular formula is C19H23NO3. The van der Waals surface area contributed by atoms with Crippen molar-refractivity contribution in [2.45, 2.75) is 13.0 Å². The highest BCUT2D eigenvalue weighted by Crippen LogP contribution is 2.25. The van der Waals surface area contributed by atoms with Crippen molar-refractivity contribution >= 4 is 5.91 Å². The Bertz CT molecular complexity index is 547. The second-order valence-electron chi connectivity index (χ2n) is 5.21. The van der Waals surface area contributed by atoms with E-state index < -0.39 is 0 Å². The molecule has 23 heavy (non-hydrogen) atoms. The van der Waals surface area contributed by atoms with Gasteiger partial charge in [-0.2, -0.15) is 0 Å². The average molecular weight is 313 g/mol. The van der Waals surface area contributed by atoms with E-state index in [-0.39, 0.29) is 25.2 Å². The Kier molecular flexibility index (Phi) is 6.78. The Balaban J connectivity index is 2.12. The number of likely N-dealkylation sites (N-methyl/N-ethyl adjacent to an activating group) is 1. The summed E-state index contributed by atoms with van der Waals surface area (Å²) in [6.45, 7) is 2.73. The van der Waals surface area contributed by atoms with Crippen LogP contribution in [-0.4, -0.2) is 42.2 Å². The highest BCUT2D eigenvalue weighted by molar-refractivity contribution is 5.77. The van der Waals surface area contributed by atoms with Crippen LogP contribution in [0.4, 0.5) is 0 Å². The van der Waals surface area contributed by atoms with E-state index >= 15 is 0 Å². The molecule has 0 aliphatic carbocycles. The second kappa shape index (κ2) is 9.08. The van der Waals surface area contributed by atoms with Crippen LogP contribution in [-0.2, 0) is 9.53 Å². The van der Waals surface area contributed by atoms with Gasteiger partial charge in [0.1, 0.15) is 12.7 Å². The van der Waals surface area contributed by atoms with E-state index in [9.17, 15) is 4.79 Å². The van der Waals surface area contributed by atoms with Gasteiger partial charge < -0.3 is 14.7 Å². The lowest BCUT2D eigenvalue weighted by Crippen LogP contribution is -2.36. The molecule has 1 N–H and O–H groups in total. The van der Waals surface area contributed by atoms with Crippen molar-refractivity contribution in [3.05, 3.63) is 71.8 Å². The van der Waals surface area contributed by atoms with Crippen molar-refractivity contribution in [1.82, 2.24) is 4.90 Å². The van der Waals surface area contributed by atoms with Crippen LogP contribution in [0.25, 0.3) is 0 Å². The second-order valence-corrected chi connectivity index (χ2v) is 5.21. The average Bonchev–Trinajstić information content (AvgIpc) is 2.61. The van der Waals surface area contributed by atoms with Crippen molar-refractivity contribution < 1.29 is 14.6 Å². The van der Waals surface area contributed by atoms with Crippen LogP contribution in [0.3, 0.4) is 0 Å². The first-order valence-corrected chi connectivity index (χ1v) is 7.86. The fourth-order valence-electron chi connectivity index (χ4n) is 2.47. The summed E-state index contributed by atoms with van der Waals surface area (Å²) in [4.78, 5) is 13.8. The van der Waals surface area contributed by atoms with Crippen LogP contribution in [0.2, 0.25) is 0 Å². The summed E-state index contributed by atoms with van der Waals surface area (Å²) >= 11 is 0. The van der Waals surface area contributed by atoms with Crippen LogP contribution in [0.5, 0.6) is 0 Å². The zero-order valence-electron chi connectivity index (χ0n) is 13.4. The lowest BCUT2D eigenvalue weighted by molar-refractivity contribution is -0.137. The topological polar surface area (TPSA) is 49.8 Å². The van der Waals surface area contributed by atoms with E-state index in [1.54, 1.807) is 4.90 Å². The zero-order chi connectivity index (χ0) is 16.5. The first kappa shape index (κ1) is 17.2. The van der Waals surface area contributed by atoms with Crippen LogP contribution in [0.1, 0.15) is 24.2 Å². The highest BCUT2D eigenvalue weighted by Gasteiger charge is 2.18. The molecule has 0 radical (unpaired) electrons. The number of rotatable bonds is 8. The standard InChI is InChI=1S/C19H23NO3/c1-2-20(13-14-21)18(22)15-23-19(16-9-5-3-6-10-16)17-11-7-4-8-12-17/h3-12,19,21H,2,13-15H2,1H3. The molecule has 2 aromatic carbocycles. The summed E-state index contributed by atoms with van der Waals surface area (Å²) in [5.41, 5.74) is 2.02. The Morgan fingerprint density at radius 1 is 1.04 bits per heavy atom. The molecule has 1 amide bonds. The van der Waals surface area contributed by atoms with Crippen molar-refractivity contribution in [3.8, 4) is 0 Å². The number of carbonyl (C=O) groups excluding carboxylic acids is 1. The molecular weight excluding hydrogens is 290 g/mol. The summed E-state index contributed by atoms with van der Waals surface area (Å²) in [5.74, 6) is -0.113. The molecule has 0 aliphatic heterocycles. The third-order valence-electron chi connectivity index (χ3n) is 3.68. The number of nitrogens with zero attached hydrogens (tertiary/aromatic N) is 1. The molecule has 2 rings (SSSR count). The monoisotopic (exact) mass is 313 g/mol. The Morgan fingerprint density at radius 2 is 1.57 bits per heavy atom. The lowest BCUT2D eigenvalue weighted by atomic mass is 10.0. The number of ether oxygens (including phenoxy) is 1. The molecule has 122 valence electrons. The van der Waals surface area contributed by atoms with Gasteiger partial charge >= 0.3 is 0 Å². The number of hydrogen-bond acceptors (Lipinski definition) is 3. The van der Waals surface area contributed by atoms with E-state index in [1.807, 2.05) is 67.6 Å². The summed E-state index contributed by atoms with van der Waals surface area (Å²) in [6, 6.07) is 19.7. The summed E-state index contributed by atoms with van der Waals surface area (Å²) in [6.07, 6.45) is -0.283. The van der Waals surface area contributed by atoms with Crippen molar-refractivity contribution in [3.63, 3.8) is 0 Å². The minimum Gasteiger partial charge on any atom is -0.395 e. The molecule has 4 heteroatoms. The zero-order valence-corrected chi connectivity index (χ0v) is 13.4. The third-order valence-corrected chi connectivity index (χ3v) is 3.68. The molecule has 4 nitrogen and oxygen atoms in total. The normalized spacial score (nSPS) is 10.7. The Hall–Kier alpha value is -2.17. The predicted octanol–water partition coefficient (Wildman–Crippen LogP) is 2.63. The smallest absolute Gasteiger partial charge is 0.248 e. The van der Waals surface area contributed by atoms with Crippen LogP contribution in [0, 0.1) is 0 Å². The van der Waals surface area contributed by atoms with Crippen LogP contribution >= 0.6 is 0 Å². The maximum atomic E-state index is 12.2. The molecule has 0 spiro atoms. The molecule has 0 aliphatic rings.